The molecule has 0 unspecified atom stereocenters. The molecule has 0 atom stereocenters. The first-order valence-corrected chi connectivity index (χ1v) is 17.8. The van der Waals surface area contributed by atoms with E-state index in [1.807, 2.05) is 78.9 Å². The second-order valence-corrected chi connectivity index (χ2v) is 12.8. The molecular weight excluding hydrogens is 687 g/mol. The number of anilines is 3. The van der Waals surface area contributed by atoms with Crippen LogP contribution < -0.4 is 4.90 Å². The van der Waals surface area contributed by atoms with Crippen LogP contribution in [0.25, 0.3) is 77.2 Å². The van der Waals surface area contributed by atoms with Crippen molar-refractivity contribution < 1.29 is 30.2 Å². The van der Waals surface area contributed by atoms with Crippen LogP contribution in [0.5, 0.6) is 0 Å². The predicted molar refractivity (Wildman–Crippen MR) is 243 cm³/mol. The molecule has 0 spiro atoms. The topological polar surface area (TPSA) is 3.24 Å². The Hall–Kier alpha value is -7.48. The van der Waals surface area contributed by atoms with E-state index >= 15 is 0 Å². The van der Waals surface area contributed by atoms with E-state index in [2.05, 4.69) is 0 Å². The van der Waals surface area contributed by atoms with E-state index in [0.717, 1.165) is 32.7 Å². The molecular formula is C56H39N. The fourth-order valence-corrected chi connectivity index (χ4v) is 6.52. The third kappa shape index (κ3) is 6.88. The lowest BCUT2D eigenvalue weighted by Crippen LogP contribution is -2.09. The second kappa shape index (κ2) is 15.0. The highest BCUT2D eigenvalue weighted by Gasteiger charge is 2.15. The summed E-state index contributed by atoms with van der Waals surface area (Å²) in [5.41, 5.74) is 1.03. The average molecular weight is 748 g/mol. The summed E-state index contributed by atoms with van der Waals surface area (Å²) >= 11 is 0. The number of benzene rings is 10. The summed E-state index contributed by atoms with van der Waals surface area (Å²) < 4.78 is 197. The van der Waals surface area contributed by atoms with Crippen LogP contribution in [0.3, 0.4) is 0 Å². The average Bonchev–Trinajstić information content (AvgIpc) is 3.65. The number of hydrogen-bond donors (Lipinski definition) is 0. The van der Waals surface area contributed by atoms with Crippen molar-refractivity contribution in [1.82, 2.24) is 0 Å². The van der Waals surface area contributed by atoms with Gasteiger partial charge in [0, 0.05) is 17.1 Å². The highest BCUT2D eigenvalue weighted by molar-refractivity contribution is 5.91. The highest BCUT2D eigenvalue weighted by atomic mass is 15.1. The molecule has 0 aliphatic heterocycles. The van der Waals surface area contributed by atoms with Crippen LogP contribution in [0.1, 0.15) is 30.2 Å². The lowest BCUT2D eigenvalue weighted by molar-refractivity contribution is 1.28. The summed E-state index contributed by atoms with van der Waals surface area (Å²) in [6, 6.07) is 13.7. The smallest absolute Gasteiger partial charge is 0.0645 e. The Morgan fingerprint density at radius 1 is 0.281 bits per heavy atom. The quantitative estimate of drug-likeness (QED) is 0.150. The molecule has 0 saturated carbocycles. The lowest BCUT2D eigenvalue weighted by atomic mass is 9.91. The van der Waals surface area contributed by atoms with Gasteiger partial charge < -0.3 is 4.90 Å². The standard InChI is InChI=1S/C56H39N/c1-3-13-45(14-4-1)55-36-29-51(39-56(55)46-15-5-2-6-16-46)44-27-34-54(35-28-44)57(52-30-23-42(24-31-52)49-21-19-40-11-7-9-17-47(40)37-49)53-32-25-43(26-33-53)50-22-20-41-12-8-10-18-48(41)38-50/h1-39H/i7D,8D,9D,10D,11D,12D,17D,18D,19D,20D,21D,22D,23D,24D,25D,26D,30D,31D,32D,33D,37D,38D. The van der Waals surface area contributed by atoms with Crippen molar-refractivity contribution in [2.45, 2.75) is 0 Å². The maximum atomic E-state index is 9.60. The molecule has 268 valence electrons. The summed E-state index contributed by atoms with van der Waals surface area (Å²) in [5, 5.41) is -1.95. The number of fused-ring (bicyclic) bond motifs is 2. The summed E-state index contributed by atoms with van der Waals surface area (Å²) in [6.07, 6.45) is 0. The van der Waals surface area contributed by atoms with Gasteiger partial charge in [-0.15, -0.1) is 0 Å². The number of rotatable bonds is 8. The number of hydrogen-bond acceptors (Lipinski definition) is 1. The van der Waals surface area contributed by atoms with Gasteiger partial charge in [-0.3, -0.25) is 0 Å². The molecule has 0 bridgehead atoms. The van der Waals surface area contributed by atoms with Gasteiger partial charge in [-0.1, -0.05) is 182 Å². The summed E-state index contributed by atoms with van der Waals surface area (Å²) in [4.78, 5) is 0.957. The summed E-state index contributed by atoms with van der Waals surface area (Å²) in [7, 11) is 0. The van der Waals surface area contributed by atoms with Crippen LogP contribution in [0.2, 0.25) is 0 Å². The van der Waals surface area contributed by atoms with E-state index in [9.17, 15) is 13.7 Å². The van der Waals surface area contributed by atoms with Crippen molar-refractivity contribution in [2.24, 2.45) is 0 Å². The Morgan fingerprint density at radius 2 is 0.719 bits per heavy atom. The molecule has 1 heteroatoms. The Labute approximate surface area is 365 Å². The van der Waals surface area contributed by atoms with Gasteiger partial charge in [0.2, 0.25) is 0 Å². The van der Waals surface area contributed by atoms with E-state index in [0.29, 0.717) is 5.56 Å². The van der Waals surface area contributed by atoms with Crippen LogP contribution in [-0.4, -0.2) is 0 Å². The molecule has 0 N–H and O–H groups in total. The highest BCUT2D eigenvalue weighted by Crippen LogP contribution is 2.40. The molecule has 0 aliphatic rings. The van der Waals surface area contributed by atoms with Crippen molar-refractivity contribution in [1.29, 1.82) is 0 Å². The molecule has 10 rings (SSSR count). The maximum Gasteiger partial charge on any atom is 0.0645 e. The third-order valence-corrected chi connectivity index (χ3v) is 9.32. The van der Waals surface area contributed by atoms with E-state index in [-0.39, 0.29) is 5.69 Å². The summed E-state index contributed by atoms with van der Waals surface area (Å²) in [6.45, 7) is 0. The van der Waals surface area contributed by atoms with E-state index in [1.54, 1.807) is 12.1 Å². The zero-order valence-corrected chi connectivity index (χ0v) is 29.8. The first kappa shape index (κ1) is 18.0. The van der Waals surface area contributed by atoms with Crippen LogP contribution in [-0.2, 0) is 0 Å². The maximum absolute atomic E-state index is 9.60. The van der Waals surface area contributed by atoms with Gasteiger partial charge in [0.1, 0.15) is 0 Å². The summed E-state index contributed by atoms with van der Waals surface area (Å²) in [5.74, 6) is 0. The molecule has 0 aliphatic carbocycles. The molecule has 0 amide bonds. The molecule has 0 aromatic heterocycles. The molecule has 0 fully saturated rings. The van der Waals surface area contributed by atoms with E-state index < -0.39 is 188 Å². The Morgan fingerprint density at radius 3 is 1.23 bits per heavy atom. The second-order valence-electron chi connectivity index (χ2n) is 12.8. The van der Waals surface area contributed by atoms with Crippen molar-refractivity contribution in [3.8, 4) is 55.6 Å². The fraction of sp³-hybridized carbons (Fsp3) is 0. The van der Waals surface area contributed by atoms with E-state index in [1.165, 1.54) is 12.1 Å². The number of nitrogens with zero attached hydrogens (tertiary/aromatic N) is 1. The molecule has 0 radical (unpaired) electrons. The Kier molecular flexibility index (Phi) is 4.73. The van der Waals surface area contributed by atoms with Crippen molar-refractivity contribution in [2.75, 3.05) is 4.90 Å². The van der Waals surface area contributed by atoms with Crippen LogP contribution in [0.15, 0.2) is 236 Å². The zero-order valence-electron chi connectivity index (χ0n) is 51.8. The van der Waals surface area contributed by atoms with Crippen molar-refractivity contribution in [3.63, 3.8) is 0 Å². The Balaban J connectivity index is 1.23. The first-order valence-electron chi connectivity index (χ1n) is 28.8. The van der Waals surface area contributed by atoms with Crippen molar-refractivity contribution in [3.05, 3.63) is 236 Å². The van der Waals surface area contributed by atoms with Gasteiger partial charge in [-0.05, 0) is 132 Å². The van der Waals surface area contributed by atoms with Gasteiger partial charge in [0.05, 0.1) is 30.2 Å². The van der Waals surface area contributed by atoms with Gasteiger partial charge >= 0.3 is 0 Å². The van der Waals surface area contributed by atoms with Crippen LogP contribution in [0.4, 0.5) is 17.1 Å². The van der Waals surface area contributed by atoms with Gasteiger partial charge in [0.25, 0.3) is 0 Å². The van der Waals surface area contributed by atoms with Gasteiger partial charge in [0.15, 0.2) is 0 Å². The molecule has 10 aromatic rings. The third-order valence-electron chi connectivity index (χ3n) is 9.32. The van der Waals surface area contributed by atoms with Gasteiger partial charge in [-0.25, -0.2) is 0 Å². The fourth-order valence-electron chi connectivity index (χ4n) is 6.52. The normalized spacial score (nSPS) is 16.6. The minimum atomic E-state index is -0.917. The minimum absolute atomic E-state index is 0.0370. The molecule has 57 heavy (non-hydrogen) atoms. The first-order chi connectivity index (χ1) is 37.4. The molecule has 1 nitrogen and oxygen atoms in total. The monoisotopic (exact) mass is 747 g/mol. The zero-order chi connectivity index (χ0) is 57.1. The lowest BCUT2D eigenvalue weighted by Gasteiger charge is -2.26. The predicted octanol–water partition coefficient (Wildman–Crippen LogP) is 15.8. The molecule has 0 saturated heterocycles. The SMILES string of the molecule is [2H]c1c([2H])c(N(c2ccc(-c3ccc(-c4ccccc4)c(-c4ccccc4)c3)cc2)c2c([2H])c([2H])c(-c3c([2H])c([2H])c4c([2H])c([2H])c([2H])c([2H])c4c3[2H])c([2H])c2[2H])c([2H])c([2H])c1-c1c([2H])c([2H])c2c([2H])c([2H])c([2H])c([2H])c2c1[2H]. The van der Waals surface area contributed by atoms with Crippen molar-refractivity contribution >= 4 is 38.6 Å². The molecule has 0 heterocycles. The van der Waals surface area contributed by atoms with Crippen LogP contribution in [0, 0.1) is 0 Å². The largest absolute Gasteiger partial charge is 0.311 e. The van der Waals surface area contributed by atoms with Gasteiger partial charge in [-0.2, -0.15) is 0 Å². The Bertz CT molecular complexity index is 4020. The molecule has 10 aromatic carbocycles. The van der Waals surface area contributed by atoms with Crippen LogP contribution >= 0.6 is 0 Å². The minimum Gasteiger partial charge on any atom is -0.311 e. The van der Waals surface area contributed by atoms with E-state index in [4.69, 9.17) is 16.4 Å².